The summed E-state index contributed by atoms with van der Waals surface area (Å²) in [6.07, 6.45) is 4.89. The van der Waals surface area contributed by atoms with Crippen molar-refractivity contribution in [3.05, 3.63) is 0 Å². The van der Waals surface area contributed by atoms with Gasteiger partial charge in [0.15, 0.2) is 0 Å². The summed E-state index contributed by atoms with van der Waals surface area (Å²) in [5.74, 6) is 0.498. The fourth-order valence-electron chi connectivity index (χ4n) is 3.43. The van der Waals surface area contributed by atoms with Gasteiger partial charge in [0.25, 0.3) is 0 Å². The van der Waals surface area contributed by atoms with E-state index in [9.17, 15) is 0 Å². The second kappa shape index (κ2) is 44.8. The molecule has 14 heteroatoms. The second-order valence-corrected chi connectivity index (χ2v) is 10.1. The fraction of sp³-hybridized carbons (Fsp3) is 1.00. The summed E-state index contributed by atoms with van der Waals surface area (Å²) in [7, 11) is 0. The minimum absolute atomic E-state index is 0.498. The molecule has 13 nitrogen and oxygen atoms in total. The summed E-state index contributed by atoms with van der Waals surface area (Å²) in [6.45, 7) is 16.4. The predicted molar refractivity (Wildman–Crippen MR) is 176 cm³/mol. The Morgan fingerprint density at radius 1 is 0.239 bits per heavy atom. The first-order valence-corrected chi connectivity index (χ1v) is 17.5. The number of halogens is 1. The first-order chi connectivity index (χ1) is 22.9. The predicted octanol–water partition coefficient (Wildman–Crippen LogP) is 3.02. The van der Waals surface area contributed by atoms with Gasteiger partial charge in [-0.2, -0.15) is 0 Å². The third-order valence-electron chi connectivity index (χ3n) is 5.83. The molecule has 0 aliphatic carbocycles. The van der Waals surface area contributed by atoms with Crippen LogP contribution in [0.3, 0.4) is 0 Å². The van der Waals surface area contributed by atoms with E-state index >= 15 is 0 Å². The quantitative estimate of drug-likeness (QED) is 0.0689. The van der Waals surface area contributed by atoms with Gasteiger partial charge in [-0.05, 0) is 6.42 Å². The molecule has 0 fully saturated rings. The van der Waals surface area contributed by atoms with Gasteiger partial charge in [0.1, 0.15) is 0 Å². The van der Waals surface area contributed by atoms with Crippen molar-refractivity contribution in [2.24, 2.45) is 0 Å². The van der Waals surface area contributed by atoms with E-state index in [0.29, 0.717) is 171 Å². The van der Waals surface area contributed by atoms with Crippen molar-refractivity contribution in [1.82, 2.24) is 0 Å². The zero-order valence-electron chi connectivity index (χ0n) is 28.6. The Bertz CT molecular complexity index is 482. The van der Waals surface area contributed by atoms with Crippen LogP contribution < -0.4 is 0 Å². The SMILES string of the molecule is CCCCCCOCCOCCOCCOCCOCCOCCOCCOCCOCCOCCOCCOCCOCCCl. The molecule has 0 radical (unpaired) electrons. The van der Waals surface area contributed by atoms with Crippen molar-refractivity contribution in [3.63, 3.8) is 0 Å². The monoisotopic (exact) mass is 692 g/mol. The molecule has 0 aliphatic heterocycles. The number of rotatable bonds is 43. The van der Waals surface area contributed by atoms with Crippen LogP contribution in [0.25, 0.3) is 0 Å². The maximum absolute atomic E-state index is 5.53. The highest BCUT2D eigenvalue weighted by atomic mass is 35.5. The number of unbranched alkanes of at least 4 members (excludes halogenated alkanes) is 3. The van der Waals surface area contributed by atoms with Crippen LogP contribution in [-0.4, -0.2) is 178 Å². The summed E-state index contributed by atoms with van der Waals surface area (Å²) in [5, 5.41) is 0. The van der Waals surface area contributed by atoms with Crippen molar-refractivity contribution < 1.29 is 61.6 Å². The average molecular weight is 693 g/mol. The molecule has 0 heterocycles. The van der Waals surface area contributed by atoms with E-state index in [2.05, 4.69) is 6.92 Å². The summed E-state index contributed by atoms with van der Waals surface area (Å²) in [5.41, 5.74) is 0. The molecule has 0 saturated heterocycles. The Hall–Kier alpha value is -0.230. The van der Waals surface area contributed by atoms with E-state index in [1.54, 1.807) is 0 Å². The molecule has 0 amide bonds. The lowest BCUT2D eigenvalue weighted by atomic mass is 10.2. The van der Waals surface area contributed by atoms with Crippen LogP contribution in [0.1, 0.15) is 32.6 Å². The van der Waals surface area contributed by atoms with E-state index in [4.69, 9.17) is 73.2 Å². The summed E-state index contributed by atoms with van der Waals surface area (Å²) < 4.78 is 70.8. The first-order valence-electron chi connectivity index (χ1n) is 17.0. The zero-order chi connectivity index (χ0) is 33.1. The van der Waals surface area contributed by atoms with Crippen LogP contribution in [0.4, 0.5) is 0 Å². The Labute approximate surface area is 283 Å². The molecule has 0 aliphatic rings. The molecule has 0 atom stereocenters. The van der Waals surface area contributed by atoms with E-state index in [1.807, 2.05) is 0 Å². The van der Waals surface area contributed by atoms with Gasteiger partial charge in [-0.1, -0.05) is 26.2 Å². The molecular formula is C32H65ClO13. The van der Waals surface area contributed by atoms with E-state index in [-0.39, 0.29) is 0 Å². The van der Waals surface area contributed by atoms with E-state index < -0.39 is 0 Å². The van der Waals surface area contributed by atoms with Crippen LogP contribution in [0.5, 0.6) is 0 Å². The molecule has 0 aromatic carbocycles. The first kappa shape index (κ1) is 45.8. The molecule has 0 spiro atoms. The Kier molecular flexibility index (Phi) is 44.5. The van der Waals surface area contributed by atoms with Crippen LogP contribution in [-0.2, 0) is 61.6 Å². The van der Waals surface area contributed by atoms with Crippen LogP contribution in [0.2, 0.25) is 0 Å². The Balaban J connectivity index is 3.03. The average Bonchev–Trinajstić information content (AvgIpc) is 3.07. The number of hydrogen-bond donors (Lipinski definition) is 0. The lowest BCUT2D eigenvalue weighted by Gasteiger charge is -2.09. The molecular weight excluding hydrogens is 628 g/mol. The summed E-state index contributed by atoms with van der Waals surface area (Å²) >= 11 is 5.51. The zero-order valence-corrected chi connectivity index (χ0v) is 29.4. The number of hydrogen-bond acceptors (Lipinski definition) is 13. The van der Waals surface area contributed by atoms with Gasteiger partial charge in [0.05, 0.1) is 165 Å². The van der Waals surface area contributed by atoms with Crippen molar-refractivity contribution >= 4 is 11.6 Å². The standard InChI is InChI=1S/C32H65ClO13/c1-2-3-4-5-7-34-9-11-36-13-15-38-17-19-40-21-23-42-25-27-44-29-31-46-32-30-45-28-26-43-24-22-41-20-18-39-16-14-37-12-10-35-8-6-33/h2-32H2,1H3. The largest absolute Gasteiger partial charge is 0.379 e. The van der Waals surface area contributed by atoms with Gasteiger partial charge in [-0.3, -0.25) is 0 Å². The fourth-order valence-corrected chi connectivity index (χ4v) is 3.54. The lowest BCUT2D eigenvalue weighted by Crippen LogP contribution is -2.15. The lowest BCUT2D eigenvalue weighted by molar-refractivity contribution is -0.0289. The van der Waals surface area contributed by atoms with Crippen LogP contribution in [0, 0.1) is 0 Å². The van der Waals surface area contributed by atoms with Crippen LogP contribution in [0.15, 0.2) is 0 Å². The van der Waals surface area contributed by atoms with Gasteiger partial charge >= 0.3 is 0 Å². The number of ether oxygens (including phenoxy) is 13. The molecule has 0 rings (SSSR count). The maximum atomic E-state index is 5.53. The van der Waals surface area contributed by atoms with Crippen LogP contribution >= 0.6 is 11.6 Å². The molecule has 0 N–H and O–H groups in total. The van der Waals surface area contributed by atoms with E-state index in [1.165, 1.54) is 19.3 Å². The smallest absolute Gasteiger partial charge is 0.0701 e. The molecule has 0 saturated carbocycles. The van der Waals surface area contributed by atoms with E-state index in [0.717, 1.165) is 13.0 Å². The highest BCUT2D eigenvalue weighted by molar-refractivity contribution is 6.17. The van der Waals surface area contributed by atoms with Crippen molar-refractivity contribution in [2.45, 2.75) is 32.6 Å². The highest BCUT2D eigenvalue weighted by Crippen LogP contribution is 1.98. The summed E-state index contributed by atoms with van der Waals surface area (Å²) in [6, 6.07) is 0. The van der Waals surface area contributed by atoms with Crippen molar-refractivity contribution in [3.8, 4) is 0 Å². The maximum Gasteiger partial charge on any atom is 0.0701 e. The molecule has 0 aromatic rings. The third kappa shape index (κ3) is 43.8. The van der Waals surface area contributed by atoms with Crippen molar-refractivity contribution in [2.75, 3.05) is 178 Å². The summed E-state index contributed by atoms with van der Waals surface area (Å²) in [4.78, 5) is 0. The minimum atomic E-state index is 0.498. The van der Waals surface area contributed by atoms with Gasteiger partial charge in [0, 0.05) is 12.5 Å². The Morgan fingerprint density at radius 3 is 0.630 bits per heavy atom. The van der Waals surface area contributed by atoms with Gasteiger partial charge < -0.3 is 61.6 Å². The Morgan fingerprint density at radius 2 is 0.435 bits per heavy atom. The molecule has 0 unspecified atom stereocenters. The topological polar surface area (TPSA) is 120 Å². The molecule has 278 valence electrons. The molecule has 0 aromatic heterocycles. The second-order valence-electron chi connectivity index (χ2n) is 9.71. The third-order valence-corrected chi connectivity index (χ3v) is 5.98. The normalized spacial score (nSPS) is 11.6. The molecule has 0 bridgehead atoms. The molecule has 46 heavy (non-hydrogen) atoms. The highest BCUT2D eigenvalue weighted by Gasteiger charge is 1.97. The minimum Gasteiger partial charge on any atom is -0.379 e. The van der Waals surface area contributed by atoms with Gasteiger partial charge in [-0.15, -0.1) is 11.6 Å². The van der Waals surface area contributed by atoms with Gasteiger partial charge in [0.2, 0.25) is 0 Å². The number of alkyl halides is 1. The van der Waals surface area contributed by atoms with Crippen molar-refractivity contribution in [1.29, 1.82) is 0 Å². The van der Waals surface area contributed by atoms with Gasteiger partial charge in [-0.25, -0.2) is 0 Å².